The van der Waals surface area contributed by atoms with Crippen molar-refractivity contribution >= 4 is 5.91 Å². The number of rotatable bonds is 10. The van der Waals surface area contributed by atoms with Crippen LogP contribution in [-0.4, -0.2) is 64.0 Å². The standard InChI is InChI=1S/C21H43N3O2/c1-8-24(9-2,10-3)15-13-11-12-14-19(25)22-18-16-20(4,5)23(26)21(6,7)17-18/h18,26H,8-17H2,1-7H3/p+1. The number of nitrogens with one attached hydrogen (secondary N) is 1. The Kier molecular flexibility index (Phi) is 8.56. The summed E-state index contributed by atoms with van der Waals surface area (Å²) < 4.78 is 1.19. The molecule has 1 saturated heterocycles. The SMILES string of the molecule is CC[N+](CC)(CC)CCCCCC(=O)NC1CC(C)(C)N(O)C(C)(C)C1. The average Bonchev–Trinajstić information content (AvgIpc) is 2.56. The van der Waals surface area contributed by atoms with E-state index in [1.54, 1.807) is 0 Å². The van der Waals surface area contributed by atoms with Crippen molar-refractivity contribution in [2.24, 2.45) is 0 Å². The maximum absolute atomic E-state index is 12.4. The van der Waals surface area contributed by atoms with Crippen LogP contribution in [0.2, 0.25) is 0 Å². The summed E-state index contributed by atoms with van der Waals surface area (Å²) in [4.78, 5) is 12.4. The van der Waals surface area contributed by atoms with Gasteiger partial charge in [0.15, 0.2) is 0 Å². The lowest BCUT2D eigenvalue weighted by Crippen LogP contribution is -2.62. The quantitative estimate of drug-likeness (QED) is 0.452. The predicted molar refractivity (Wildman–Crippen MR) is 108 cm³/mol. The number of hydrogen-bond acceptors (Lipinski definition) is 3. The summed E-state index contributed by atoms with van der Waals surface area (Å²) in [6.45, 7) is 19.8. The molecule has 0 aromatic rings. The minimum absolute atomic E-state index is 0.139. The van der Waals surface area contributed by atoms with Gasteiger partial charge in [-0.05, 0) is 80.6 Å². The third-order valence-electron chi connectivity index (χ3n) is 6.55. The lowest BCUT2D eigenvalue weighted by Gasteiger charge is -2.51. The Balaban J connectivity index is 2.35. The fourth-order valence-corrected chi connectivity index (χ4v) is 4.73. The van der Waals surface area contributed by atoms with Gasteiger partial charge in [0.1, 0.15) is 0 Å². The van der Waals surface area contributed by atoms with E-state index in [-0.39, 0.29) is 23.0 Å². The molecule has 0 aromatic carbocycles. The number of hydrogen-bond donors (Lipinski definition) is 2. The van der Waals surface area contributed by atoms with Crippen molar-refractivity contribution in [3.63, 3.8) is 0 Å². The van der Waals surface area contributed by atoms with E-state index < -0.39 is 0 Å². The summed E-state index contributed by atoms with van der Waals surface area (Å²) in [5.41, 5.74) is -0.636. The van der Waals surface area contributed by atoms with E-state index in [0.717, 1.165) is 25.7 Å². The van der Waals surface area contributed by atoms with Crippen LogP contribution in [0.15, 0.2) is 0 Å². The average molecular weight is 371 g/mol. The number of carbonyl (C=O) groups is 1. The van der Waals surface area contributed by atoms with Crippen LogP contribution >= 0.6 is 0 Å². The predicted octanol–water partition coefficient (Wildman–Crippen LogP) is 3.95. The Bertz CT molecular complexity index is 418. The lowest BCUT2D eigenvalue weighted by molar-refractivity contribution is -0.923. The van der Waals surface area contributed by atoms with E-state index in [1.165, 1.54) is 42.1 Å². The third-order valence-corrected chi connectivity index (χ3v) is 6.55. The second kappa shape index (κ2) is 9.52. The Morgan fingerprint density at radius 1 is 1.00 bits per heavy atom. The molecule has 0 aliphatic carbocycles. The van der Waals surface area contributed by atoms with Crippen LogP contribution < -0.4 is 5.32 Å². The molecule has 0 radical (unpaired) electrons. The molecule has 5 heteroatoms. The smallest absolute Gasteiger partial charge is 0.220 e. The van der Waals surface area contributed by atoms with Crippen molar-refractivity contribution < 1.29 is 14.5 Å². The van der Waals surface area contributed by atoms with Gasteiger partial charge in [0.2, 0.25) is 5.91 Å². The van der Waals surface area contributed by atoms with Crippen molar-refractivity contribution in [1.82, 2.24) is 10.4 Å². The van der Waals surface area contributed by atoms with Crippen LogP contribution in [0.5, 0.6) is 0 Å². The van der Waals surface area contributed by atoms with Crippen LogP contribution in [0.25, 0.3) is 0 Å². The summed E-state index contributed by atoms with van der Waals surface area (Å²) >= 11 is 0. The van der Waals surface area contributed by atoms with E-state index >= 15 is 0 Å². The van der Waals surface area contributed by atoms with Gasteiger partial charge in [-0.1, -0.05) is 0 Å². The summed E-state index contributed by atoms with van der Waals surface area (Å²) in [5, 5.41) is 15.0. The highest BCUT2D eigenvalue weighted by atomic mass is 16.5. The first-order valence-corrected chi connectivity index (χ1v) is 10.7. The molecule has 1 amide bonds. The molecule has 1 aliphatic heterocycles. The van der Waals surface area contributed by atoms with Crippen molar-refractivity contribution in [3.8, 4) is 0 Å². The Hall–Kier alpha value is -0.650. The van der Waals surface area contributed by atoms with Gasteiger partial charge in [0.05, 0.1) is 26.2 Å². The van der Waals surface area contributed by atoms with Gasteiger partial charge in [0.25, 0.3) is 0 Å². The number of carbonyl (C=O) groups excluding carboxylic acids is 1. The molecular formula is C21H44N3O2+. The van der Waals surface area contributed by atoms with E-state index in [0.29, 0.717) is 6.42 Å². The van der Waals surface area contributed by atoms with Crippen LogP contribution in [0.1, 0.15) is 87.0 Å². The number of piperidine rings is 1. The molecular weight excluding hydrogens is 326 g/mol. The molecule has 1 fully saturated rings. The van der Waals surface area contributed by atoms with Crippen molar-refractivity contribution in [2.75, 3.05) is 26.2 Å². The number of unbranched alkanes of at least 4 members (excludes halogenated alkanes) is 2. The zero-order valence-electron chi connectivity index (χ0n) is 18.4. The Morgan fingerprint density at radius 3 is 1.96 bits per heavy atom. The second-order valence-electron chi connectivity index (χ2n) is 9.43. The molecule has 0 unspecified atom stereocenters. The van der Waals surface area contributed by atoms with E-state index in [9.17, 15) is 10.0 Å². The minimum Gasteiger partial charge on any atom is -0.353 e. The van der Waals surface area contributed by atoms with Crippen molar-refractivity contribution in [3.05, 3.63) is 0 Å². The molecule has 2 N–H and O–H groups in total. The van der Waals surface area contributed by atoms with Crippen molar-refractivity contribution in [1.29, 1.82) is 0 Å². The fraction of sp³-hybridized carbons (Fsp3) is 0.952. The first-order chi connectivity index (χ1) is 12.0. The van der Waals surface area contributed by atoms with Gasteiger partial charge >= 0.3 is 0 Å². The molecule has 0 saturated carbocycles. The topological polar surface area (TPSA) is 52.6 Å². The highest BCUT2D eigenvalue weighted by Gasteiger charge is 2.45. The highest BCUT2D eigenvalue weighted by Crippen LogP contribution is 2.36. The summed E-state index contributed by atoms with van der Waals surface area (Å²) in [6, 6.07) is 0.139. The van der Waals surface area contributed by atoms with Crippen LogP contribution in [-0.2, 0) is 4.79 Å². The number of hydroxylamine groups is 2. The van der Waals surface area contributed by atoms with Gasteiger partial charge in [-0.15, -0.1) is 0 Å². The van der Waals surface area contributed by atoms with Crippen LogP contribution in [0.4, 0.5) is 0 Å². The van der Waals surface area contributed by atoms with Crippen LogP contribution in [0.3, 0.4) is 0 Å². The number of quaternary nitrogens is 1. The largest absolute Gasteiger partial charge is 0.353 e. The Morgan fingerprint density at radius 2 is 1.50 bits per heavy atom. The zero-order chi connectivity index (χ0) is 20.0. The minimum atomic E-state index is -0.318. The molecule has 154 valence electrons. The zero-order valence-corrected chi connectivity index (χ0v) is 18.4. The number of amides is 1. The van der Waals surface area contributed by atoms with E-state index in [4.69, 9.17) is 0 Å². The maximum atomic E-state index is 12.4. The van der Waals surface area contributed by atoms with Crippen LogP contribution in [0, 0.1) is 0 Å². The summed E-state index contributed by atoms with van der Waals surface area (Å²) in [5.74, 6) is 0.162. The molecule has 0 spiro atoms. The highest BCUT2D eigenvalue weighted by molar-refractivity contribution is 5.76. The molecule has 0 bridgehead atoms. The van der Waals surface area contributed by atoms with E-state index in [2.05, 4.69) is 26.1 Å². The monoisotopic (exact) mass is 370 g/mol. The molecule has 26 heavy (non-hydrogen) atoms. The van der Waals surface area contributed by atoms with Gasteiger partial charge in [0, 0.05) is 23.5 Å². The van der Waals surface area contributed by atoms with Crippen molar-refractivity contribution in [2.45, 2.75) is 104 Å². The summed E-state index contributed by atoms with van der Waals surface area (Å²) in [7, 11) is 0. The molecule has 0 aromatic heterocycles. The maximum Gasteiger partial charge on any atom is 0.220 e. The molecule has 1 heterocycles. The second-order valence-corrected chi connectivity index (χ2v) is 9.43. The first kappa shape index (κ1) is 23.4. The van der Waals surface area contributed by atoms with Gasteiger partial charge in [-0.3, -0.25) is 4.79 Å². The number of nitrogens with zero attached hydrogens (tertiary/aromatic N) is 2. The third kappa shape index (κ3) is 6.21. The lowest BCUT2D eigenvalue weighted by atomic mass is 9.79. The van der Waals surface area contributed by atoms with Gasteiger partial charge < -0.3 is 15.0 Å². The normalized spacial score (nSPS) is 20.9. The fourth-order valence-electron chi connectivity index (χ4n) is 4.73. The molecule has 1 aliphatic rings. The Labute approximate surface area is 161 Å². The van der Waals surface area contributed by atoms with E-state index in [1.807, 2.05) is 27.7 Å². The first-order valence-electron chi connectivity index (χ1n) is 10.7. The van der Waals surface area contributed by atoms with Gasteiger partial charge in [-0.2, -0.15) is 5.06 Å². The molecule has 5 nitrogen and oxygen atoms in total. The summed E-state index contributed by atoms with van der Waals surface area (Å²) in [6.07, 6.45) is 5.47. The molecule has 0 atom stereocenters. The molecule has 1 rings (SSSR count). The van der Waals surface area contributed by atoms with Gasteiger partial charge in [-0.25, -0.2) is 0 Å².